The topological polar surface area (TPSA) is 106 Å². The maximum absolute atomic E-state index is 11.1. The third-order valence-corrected chi connectivity index (χ3v) is 4.56. The number of nitrogens with zero attached hydrogens (tertiary/aromatic N) is 1. The van der Waals surface area contributed by atoms with Gasteiger partial charge < -0.3 is 9.52 Å². The van der Waals surface area contributed by atoms with Gasteiger partial charge in [0.2, 0.25) is 0 Å². The van der Waals surface area contributed by atoms with E-state index in [9.17, 15) is 14.9 Å². The molecule has 2 aromatic rings. The van der Waals surface area contributed by atoms with Crippen molar-refractivity contribution in [2.45, 2.75) is 11.4 Å². The lowest BCUT2D eigenvalue weighted by atomic mass is 10.1. The first-order chi connectivity index (χ1) is 10.6. The number of carboxylic acids is 1. The van der Waals surface area contributed by atoms with Gasteiger partial charge in [-0.3, -0.25) is 20.2 Å². The van der Waals surface area contributed by atoms with E-state index in [2.05, 4.69) is 5.32 Å². The number of thioether (sulfide) groups is 1. The highest BCUT2D eigenvalue weighted by Crippen LogP contribution is 2.37. The zero-order valence-corrected chi connectivity index (χ0v) is 12.1. The van der Waals surface area contributed by atoms with Crippen molar-refractivity contribution in [2.75, 3.05) is 5.75 Å². The van der Waals surface area contributed by atoms with Crippen LogP contribution in [0.1, 0.15) is 11.1 Å². The van der Waals surface area contributed by atoms with Crippen molar-refractivity contribution in [3.8, 4) is 11.3 Å². The summed E-state index contributed by atoms with van der Waals surface area (Å²) in [7, 11) is 0. The summed E-state index contributed by atoms with van der Waals surface area (Å²) >= 11 is 1.43. The molecule has 2 atom stereocenters. The van der Waals surface area contributed by atoms with Crippen molar-refractivity contribution in [1.82, 2.24) is 5.32 Å². The number of aliphatic carboxylic acids is 1. The standard InChI is InChI=1S/C14H12N2O5S/c17-14(18)9-7-22-13(15-9)12-6-5-11(21-12)8-3-1-2-4-10(8)16(19)20/h1-6,9,13,15H,7H2,(H,17,18)/t9-,13+/m1/s1. The van der Waals surface area contributed by atoms with Crippen LogP contribution in [-0.2, 0) is 4.79 Å². The summed E-state index contributed by atoms with van der Waals surface area (Å²) in [5.41, 5.74) is 0.371. The van der Waals surface area contributed by atoms with E-state index >= 15 is 0 Å². The molecule has 1 saturated heterocycles. The third kappa shape index (κ3) is 2.70. The Labute approximate surface area is 129 Å². The molecule has 2 N–H and O–H groups in total. The number of hydrogen-bond acceptors (Lipinski definition) is 6. The van der Waals surface area contributed by atoms with Crippen LogP contribution in [0.4, 0.5) is 5.69 Å². The molecule has 0 radical (unpaired) electrons. The maximum Gasteiger partial charge on any atom is 0.321 e. The zero-order valence-electron chi connectivity index (χ0n) is 11.3. The minimum absolute atomic E-state index is 0.0288. The van der Waals surface area contributed by atoms with E-state index in [0.717, 1.165) is 0 Å². The Bertz CT molecular complexity index is 730. The lowest BCUT2D eigenvalue weighted by Crippen LogP contribution is -2.33. The largest absolute Gasteiger partial charge is 0.480 e. The van der Waals surface area contributed by atoms with Crippen LogP contribution in [0.5, 0.6) is 0 Å². The van der Waals surface area contributed by atoms with Gasteiger partial charge in [0, 0.05) is 11.8 Å². The van der Waals surface area contributed by atoms with Crippen LogP contribution in [0, 0.1) is 10.1 Å². The Hall–Kier alpha value is -2.32. The molecule has 0 unspecified atom stereocenters. The number of nitro benzene ring substituents is 1. The van der Waals surface area contributed by atoms with Crippen molar-refractivity contribution in [1.29, 1.82) is 0 Å². The molecule has 1 aliphatic heterocycles. The van der Waals surface area contributed by atoms with Crippen molar-refractivity contribution in [3.63, 3.8) is 0 Å². The summed E-state index contributed by atoms with van der Waals surface area (Å²) in [6.07, 6.45) is 0. The SMILES string of the molecule is O=C(O)[C@H]1CS[C@@H](c2ccc(-c3ccccc3[N+](=O)[O-])o2)N1. The van der Waals surface area contributed by atoms with Crippen molar-refractivity contribution >= 4 is 23.4 Å². The highest BCUT2D eigenvalue weighted by molar-refractivity contribution is 7.99. The predicted octanol–water partition coefficient (Wildman–Crippen LogP) is 2.64. The summed E-state index contributed by atoms with van der Waals surface area (Å²) in [6.45, 7) is 0. The molecule has 0 saturated carbocycles. The molecular weight excluding hydrogens is 308 g/mol. The molecule has 8 heteroatoms. The quantitative estimate of drug-likeness (QED) is 0.659. The highest BCUT2D eigenvalue weighted by Gasteiger charge is 2.32. The number of furan rings is 1. The molecule has 0 spiro atoms. The Morgan fingerprint density at radius 1 is 1.36 bits per heavy atom. The molecule has 0 bridgehead atoms. The molecule has 1 aliphatic rings. The van der Waals surface area contributed by atoms with E-state index < -0.39 is 16.9 Å². The molecule has 0 aliphatic carbocycles. The molecule has 1 aromatic heterocycles. The predicted molar refractivity (Wildman–Crippen MR) is 80.6 cm³/mol. The number of nitrogens with one attached hydrogen (secondary N) is 1. The van der Waals surface area contributed by atoms with Gasteiger partial charge in [-0.25, -0.2) is 0 Å². The second-order valence-corrected chi connectivity index (χ2v) is 5.89. The van der Waals surface area contributed by atoms with E-state index in [1.165, 1.54) is 17.8 Å². The van der Waals surface area contributed by atoms with Crippen molar-refractivity contribution in [2.24, 2.45) is 0 Å². The Kier molecular flexibility index (Phi) is 3.86. The van der Waals surface area contributed by atoms with E-state index in [1.807, 2.05) is 0 Å². The minimum Gasteiger partial charge on any atom is -0.480 e. The summed E-state index contributed by atoms with van der Waals surface area (Å²) in [6, 6.07) is 9.09. The third-order valence-electron chi connectivity index (χ3n) is 3.33. The molecule has 1 fully saturated rings. The van der Waals surface area contributed by atoms with Gasteiger partial charge in [0.05, 0.1) is 10.5 Å². The number of benzene rings is 1. The Morgan fingerprint density at radius 3 is 2.82 bits per heavy atom. The second kappa shape index (κ2) is 5.82. The van der Waals surface area contributed by atoms with Gasteiger partial charge in [-0.05, 0) is 18.2 Å². The van der Waals surface area contributed by atoms with Gasteiger partial charge in [-0.2, -0.15) is 0 Å². The smallest absolute Gasteiger partial charge is 0.321 e. The molecule has 0 amide bonds. The summed E-state index contributed by atoms with van der Waals surface area (Å²) in [4.78, 5) is 21.5. The van der Waals surface area contributed by atoms with Crippen LogP contribution in [0.2, 0.25) is 0 Å². The van der Waals surface area contributed by atoms with Crippen LogP contribution in [0.25, 0.3) is 11.3 Å². The highest BCUT2D eigenvalue weighted by atomic mass is 32.2. The normalized spacial score (nSPS) is 20.9. The van der Waals surface area contributed by atoms with Crippen LogP contribution in [-0.4, -0.2) is 27.8 Å². The zero-order chi connectivity index (χ0) is 15.7. The maximum atomic E-state index is 11.1. The number of rotatable bonds is 4. The summed E-state index contributed by atoms with van der Waals surface area (Å²) in [5, 5.41) is 22.7. The van der Waals surface area contributed by atoms with Crippen molar-refractivity contribution in [3.05, 3.63) is 52.3 Å². The molecule has 114 valence electrons. The first-order valence-electron chi connectivity index (χ1n) is 6.50. The van der Waals surface area contributed by atoms with Gasteiger partial charge in [-0.15, -0.1) is 11.8 Å². The van der Waals surface area contributed by atoms with Gasteiger partial charge >= 0.3 is 5.97 Å². The minimum atomic E-state index is -0.902. The van der Waals surface area contributed by atoms with Gasteiger partial charge in [0.25, 0.3) is 5.69 Å². The number of hydrogen-bond donors (Lipinski definition) is 2. The first-order valence-corrected chi connectivity index (χ1v) is 7.55. The van der Waals surface area contributed by atoms with Crippen LogP contribution in [0.15, 0.2) is 40.8 Å². The fourth-order valence-corrected chi connectivity index (χ4v) is 3.43. The first kappa shape index (κ1) is 14.6. The summed E-state index contributed by atoms with van der Waals surface area (Å²) < 4.78 is 5.69. The Balaban J connectivity index is 1.86. The Morgan fingerprint density at radius 2 is 2.14 bits per heavy atom. The second-order valence-electron chi connectivity index (χ2n) is 4.75. The van der Waals surface area contributed by atoms with Crippen LogP contribution >= 0.6 is 11.8 Å². The van der Waals surface area contributed by atoms with Crippen molar-refractivity contribution < 1.29 is 19.2 Å². The molecule has 3 rings (SSSR count). The lowest BCUT2D eigenvalue weighted by molar-refractivity contribution is -0.384. The van der Waals surface area contributed by atoms with Crippen LogP contribution < -0.4 is 5.32 Å². The fourth-order valence-electron chi connectivity index (χ4n) is 2.26. The van der Waals surface area contributed by atoms with E-state index in [0.29, 0.717) is 22.8 Å². The molecule has 1 aromatic carbocycles. The fraction of sp³-hybridized carbons (Fsp3) is 0.214. The molecule has 7 nitrogen and oxygen atoms in total. The van der Waals surface area contributed by atoms with E-state index in [4.69, 9.17) is 9.52 Å². The monoisotopic (exact) mass is 320 g/mol. The van der Waals surface area contributed by atoms with E-state index in [-0.39, 0.29) is 11.1 Å². The number of nitro groups is 1. The molecular formula is C14H12N2O5S. The van der Waals surface area contributed by atoms with Gasteiger partial charge in [0.1, 0.15) is 22.9 Å². The average Bonchev–Trinajstić information content (AvgIpc) is 3.16. The average molecular weight is 320 g/mol. The number of carboxylic acid groups (broad SMARTS) is 1. The number of para-hydroxylation sites is 1. The summed E-state index contributed by atoms with van der Waals surface area (Å²) in [5.74, 6) is 0.493. The van der Waals surface area contributed by atoms with Crippen LogP contribution in [0.3, 0.4) is 0 Å². The van der Waals surface area contributed by atoms with Gasteiger partial charge in [-0.1, -0.05) is 12.1 Å². The molecule has 2 heterocycles. The van der Waals surface area contributed by atoms with E-state index in [1.54, 1.807) is 30.3 Å². The molecule has 22 heavy (non-hydrogen) atoms. The van der Waals surface area contributed by atoms with Gasteiger partial charge in [0.15, 0.2) is 0 Å². The number of carbonyl (C=O) groups is 1. The lowest BCUT2D eigenvalue weighted by Gasteiger charge is -2.07.